The van der Waals surface area contributed by atoms with Crippen molar-refractivity contribution in [2.24, 2.45) is 11.8 Å². The Balaban J connectivity index is 0.00000157. The predicted octanol–water partition coefficient (Wildman–Crippen LogP) is 3.69. The van der Waals surface area contributed by atoms with Crippen molar-refractivity contribution >= 4 is 24.5 Å². The van der Waals surface area contributed by atoms with Gasteiger partial charge in [-0.25, -0.2) is 4.98 Å². The Labute approximate surface area is 155 Å². The number of nitrogens with one attached hydrogen (secondary N) is 1. The van der Waals surface area contributed by atoms with Crippen LogP contribution in [0, 0.1) is 11.8 Å². The van der Waals surface area contributed by atoms with Gasteiger partial charge in [-0.3, -0.25) is 4.79 Å². The molecule has 0 radical (unpaired) electrons. The van der Waals surface area contributed by atoms with E-state index >= 15 is 0 Å². The van der Waals surface area contributed by atoms with Crippen molar-refractivity contribution < 1.29 is 9.90 Å². The van der Waals surface area contributed by atoms with E-state index in [1.54, 1.807) is 6.20 Å². The third-order valence-corrected chi connectivity index (χ3v) is 6.98. The van der Waals surface area contributed by atoms with E-state index in [1.165, 1.54) is 24.0 Å². The number of carbonyl (C=O) groups is 1. The summed E-state index contributed by atoms with van der Waals surface area (Å²) in [7, 11) is 0. The molecule has 4 bridgehead atoms. The fourth-order valence-corrected chi connectivity index (χ4v) is 6.60. The zero-order valence-corrected chi connectivity index (χ0v) is 15.4. The lowest BCUT2D eigenvalue weighted by molar-refractivity contribution is -0.127. The van der Waals surface area contributed by atoms with Crippen molar-refractivity contribution in [3.8, 4) is 0 Å². The van der Waals surface area contributed by atoms with E-state index in [-0.39, 0.29) is 17.9 Å². The molecule has 25 heavy (non-hydrogen) atoms. The number of aliphatic hydroxyl groups is 1. The van der Waals surface area contributed by atoms with E-state index in [4.69, 9.17) is 0 Å². The molecule has 2 unspecified atom stereocenters. The van der Waals surface area contributed by atoms with Crippen molar-refractivity contribution in [2.45, 2.75) is 75.3 Å². The van der Waals surface area contributed by atoms with E-state index < -0.39 is 5.60 Å². The van der Waals surface area contributed by atoms with Crippen LogP contribution in [-0.4, -0.2) is 27.5 Å². The van der Waals surface area contributed by atoms with Gasteiger partial charge in [-0.1, -0.05) is 0 Å². The lowest BCUT2D eigenvalue weighted by atomic mass is 9.51. The van der Waals surface area contributed by atoms with Crippen LogP contribution in [0.25, 0.3) is 0 Å². The van der Waals surface area contributed by atoms with Gasteiger partial charge in [0.2, 0.25) is 0 Å². The fraction of sp³-hybridized carbons (Fsp3) is 0.700. The summed E-state index contributed by atoms with van der Waals surface area (Å²) in [6, 6.07) is 0. The monoisotopic (exact) mass is 362 g/mol. The van der Waals surface area contributed by atoms with Crippen molar-refractivity contribution in [1.82, 2.24) is 4.98 Å². The molecule has 5 heteroatoms. The number of nitrogens with zero attached hydrogens (tertiary/aromatic N) is 1. The molecule has 136 valence electrons. The lowest BCUT2D eigenvalue weighted by Crippen LogP contribution is -2.62. The summed E-state index contributed by atoms with van der Waals surface area (Å²) in [5.41, 5.74) is 2.78. The largest absolute Gasteiger partial charge is 0.390 e. The number of aldehydes is 1. The molecule has 4 fully saturated rings. The van der Waals surface area contributed by atoms with E-state index in [0.717, 1.165) is 69.0 Å². The number of hydrogen-bond acceptors (Lipinski definition) is 4. The van der Waals surface area contributed by atoms with E-state index in [2.05, 4.69) is 10.3 Å². The Kier molecular flexibility index (Phi) is 4.12. The summed E-state index contributed by atoms with van der Waals surface area (Å²) < 4.78 is 0. The summed E-state index contributed by atoms with van der Waals surface area (Å²) in [5.74, 6) is 2.31. The Hall–Kier alpha value is -1.13. The van der Waals surface area contributed by atoms with Crippen LogP contribution in [0.5, 0.6) is 0 Å². The molecule has 0 amide bonds. The first kappa shape index (κ1) is 17.3. The molecule has 2 N–H and O–H groups in total. The molecule has 0 spiro atoms. The van der Waals surface area contributed by atoms with Gasteiger partial charge in [0.15, 0.2) is 6.29 Å². The molecular weight excluding hydrogens is 336 g/mol. The Morgan fingerprint density at radius 2 is 1.80 bits per heavy atom. The molecule has 6 rings (SSSR count). The van der Waals surface area contributed by atoms with Crippen molar-refractivity contribution in [3.05, 3.63) is 22.9 Å². The molecule has 5 aliphatic carbocycles. The number of anilines is 1. The number of fused-ring (bicyclic) bond motifs is 1. The summed E-state index contributed by atoms with van der Waals surface area (Å²) in [6.45, 7) is 0. The Bertz CT molecular complexity index is 691. The minimum atomic E-state index is -0.458. The highest BCUT2D eigenvalue weighted by atomic mass is 35.5. The maximum atomic E-state index is 11.3. The van der Waals surface area contributed by atoms with Gasteiger partial charge in [0.05, 0.1) is 5.60 Å². The van der Waals surface area contributed by atoms with Crippen LogP contribution >= 0.6 is 12.4 Å². The van der Waals surface area contributed by atoms with Gasteiger partial charge in [0.25, 0.3) is 0 Å². The topological polar surface area (TPSA) is 62.2 Å². The average Bonchev–Trinajstić information content (AvgIpc) is 2.52. The smallest absolute Gasteiger partial charge is 0.151 e. The third-order valence-electron chi connectivity index (χ3n) is 6.98. The molecule has 0 aliphatic heterocycles. The molecular formula is C20H27ClN2O2. The summed E-state index contributed by atoms with van der Waals surface area (Å²) >= 11 is 0. The quantitative estimate of drug-likeness (QED) is 0.805. The highest BCUT2D eigenvalue weighted by molar-refractivity contribution is 5.85. The molecule has 4 nitrogen and oxygen atoms in total. The highest BCUT2D eigenvalue weighted by Crippen LogP contribution is 2.58. The summed E-state index contributed by atoms with van der Waals surface area (Å²) in [5, 5.41) is 14.8. The summed E-state index contributed by atoms with van der Waals surface area (Å²) in [4.78, 5) is 16.0. The molecule has 1 aromatic rings. The maximum Gasteiger partial charge on any atom is 0.151 e. The second kappa shape index (κ2) is 5.95. The van der Waals surface area contributed by atoms with Crippen LogP contribution in [0.15, 0.2) is 6.20 Å². The number of carbonyl (C=O) groups excluding carboxylic acids is 1. The van der Waals surface area contributed by atoms with Crippen molar-refractivity contribution in [1.29, 1.82) is 0 Å². The number of pyridine rings is 1. The standard InChI is InChI=1S/C20H26N2O2.ClH/c23-11-15-10-21-18(17-4-2-1-3-16(15)17)22-19-6-13-5-14(7-19)9-20(24,8-13)12-19;/h10-11,13-14,24H,1-9,12H2,(H,21,22);1H. The van der Waals surface area contributed by atoms with Gasteiger partial charge in [-0.2, -0.15) is 0 Å². The number of rotatable bonds is 3. The minimum Gasteiger partial charge on any atom is -0.390 e. The molecule has 1 heterocycles. The van der Waals surface area contributed by atoms with Crippen LogP contribution in [-0.2, 0) is 12.8 Å². The zero-order valence-electron chi connectivity index (χ0n) is 14.6. The lowest BCUT2D eigenvalue weighted by Gasteiger charge is -2.60. The molecule has 5 aliphatic rings. The van der Waals surface area contributed by atoms with Gasteiger partial charge in [0.1, 0.15) is 5.82 Å². The second-order valence-corrected chi connectivity index (χ2v) is 8.93. The minimum absolute atomic E-state index is 0. The molecule has 1 aromatic heterocycles. The first-order valence-electron chi connectivity index (χ1n) is 9.55. The molecule has 0 aromatic carbocycles. The van der Waals surface area contributed by atoms with Gasteiger partial charge in [-0.15, -0.1) is 12.4 Å². The average molecular weight is 363 g/mol. The van der Waals surface area contributed by atoms with Gasteiger partial charge >= 0.3 is 0 Å². The SMILES string of the molecule is Cl.O=Cc1cnc(NC23CC4CC(CC(O)(C4)C2)C3)c2c1CCCC2. The maximum absolute atomic E-state index is 11.3. The van der Waals surface area contributed by atoms with Crippen LogP contribution in [0.1, 0.15) is 72.9 Å². The van der Waals surface area contributed by atoms with E-state index in [1.807, 2.05) is 0 Å². The van der Waals surface area contributed by atoms with Crippen molar-refractivity contribution in [2.75, 3.05) is 5.32 Å². The van der Waals surface area contributed by atoms with Crippen LogP contribution < -0.4 is 5.32 Å². The van der Waals surface area contributed by atoms with Crippen LogP contribution in [0.3, 0.4) is 0 Å². The number of hydrogen-bond donors (Lipinski definition) is 2. The second-order valence-electron chi connectivity index (χ2n) is 8.93. The van der Waals surface area contributed by atoms with Gasteiger partial charge in [0, 0.05) is 17.3 Å². The highest BCUT2D eigenvalue weighted by Gasteiger charge is 2.57. The molecule has 4 saturated carbocycles. The first-order valence-corrected chi connectivity index (χ1v) is 9.55. The fourth-order valence-electron chi connectivity index (χ4n) is 6.60. The van der Waals surface area contributed by atoms with Gasteiger partial charge in [-0.05, 0) is 87.2 Å². The van der Waals surface area contributed by atoms with Crippen LogP contribution in [0.2, 0.25) is 0 Å². The number of halogens is 1. The van der Waals surface area contributed by atoms with Crippen molar-refractivity contribution in [3.63, 3.8) is 0 Å². The predicted molar refractivity (Wildman–Crippen MR) is 99.5 cm³/mol. The van der Waals surface area contributed by atoms with Gasteiger partial charge < -0.3 is 10.4 Å². The summed E-state index contributed by atoms with van der Waals surface area (Å²) in [6.07, 6.45) is 13.5. The molecule has 2 atom stereocenters. The normalized spacial score (nSPS) is 38.0. The number of aromatic nitrogens is 1. The zero-order chi connectivity index (χ0) is 16.4. The van der Waals surface area contributed by atoms with E-state index in [0.29, 0.717) is 11.8 Å². The van der Waals surface area contributed by atoms with E-state index in [9.17, 15) is 9.90 Å². The first-order chi connectivity index (χ1) is 11.6. The van der Waals surface area contributed by atoms with Crippen LogP contribution in [0.4, 0.5) is 5.82 Å². The Morgan fingerprint density at radius 3 is 2.44 bits per heavy atom. The third kappa shape index (κ3) is 2.78. The Morgan fingerprint density at radius 1 is 1.12 bits per heavy atom. The molecule has 0 saturated heterocycles.